The zero-order valence-electron chi connectivity index (χ0n) is 8.04. The Morgan fingerprint density at radius 1 is 1.47 bits per heavy atom. The highest BCUT2D eigenvalue weighted by Crippen LogP contribution is 2.28. The number of benzene rings is 1. The van der Waals surface area contributed by atoms with Gasteiger partial charge in [0.1, 0.15) is 5.82 Å². The van der Waals surface area contributed by atoms with Crippen LogP contribution in [0.5, 0.6) is 0 Å². The van der Waals surface area contributed by atoms with Crippen molar-refractivity contribution in [2.45, 2.75) is 0 Å². The van der Waals surface area contributed by atoms with E-state index in [1.165, 1.54) is 6.07 Å². The first kappa shape index (κ1) is 10.2. The van der Waals surface area contributed by atoms with Gasteiger partial charge in [-0.05, 0) is 34.1 Å². The van der Waals surface area contributed by atoms with Gasteiger partial charge in [-0.15, -0.1) is 0 Å². The van der Waals surface area contributed by atoms with Crippen LogP contribution in [0.25, 0.3) is 11.3 Å². The molecule has 0 radical (unpaired) electrons. The molecule has 0 unspecified atom stereocenters. The van der Waals surface area contributed by atoms with Crippen LogP contribution < -0.4 is 5.73 Å². The third kappa shape index (κ3) is 1.74. The maximum atomic E-state index is 13.0. The van der Waals surface area contributed by atoms with Crippen LogP contribution in [-0.2, 0) is 7.05 Å². The van der Waals surface area contributed by atoms with E-state index in [9.17, 15) is 4.39 Å². The highest BCUT2D eigenvalue weighted by molar-refractivity contribution is 9.10. The molecular weight excluding hydrogens is 261 g/mol. The molecule has 1 heterocycles. The molecular formula is C10H9BrFN3. The van der Waals surface area contributed by atoms with Crippen molar-refractivity contribution < 1.29 is 4.39 Å². The van der Waals surface area contributed by atoms with E-state index >= 15 is 0 Å². The molecule has 5 heteroatoms. The quantitative estimate of drug-likeness (QED) is 0.865. The lowest BCUT2D eigenvalue weighted by Crippen LogP contribution is -1.96. The van der Waals surface area contributed by atoms with Gasteiger partial charge in [-0.3, -0.25) is 4.68 Å². The summed E-state index contributed by atoms with van der Waals surface area (Å²) < 4.78 is 15.1. The SMILES string of the molecule is Cn1ncc(N)c1-c1ccc(F)c(Br)c1. The molecule has 0 amide bonds. The van der Waals surface area contributed by atoms with E-state index in [0.29, 0.717) is 10.2 Å². The minimum absolute atomic E-state index is 0.292. The summed E-state index contributed by atoms with van der Waals surface area (Å²) in [5.41, 5.74) is 7.97. The highest BCUT2D eigenvalue weighted by Gasteiger charge is 2.09. The summed E-state index contributed by atoms with van der Waals surface area (Å²) in [7, 11) is 1.79. The number of nitrogens with zero attached hydrogens (tertiary/aromatic N) is 2. The van der Waals surface area contributed by atoms with Gasteiger partial charge in [0.05, 0.1) is 22.1 Å². The van der Waals surface area contributed by atoms with Crippen molar-refractivity contribution in [3.8, 4) is 11.3 Å². The van der Waals surface area contributed by atoms with E-state index in [1.54, 1.807) is 30.1 Å². The van der Waals surface area contributed by atoms with Crippen LogP contribution in [0.2, 0.25) is 0 Å². The number of aromatic nitrogens is 2. The van der Waals surface area contributed by atoms with Gasteiger partial charge in [0.2, 0.25) is 0 Å². The van der Waals surface area contributed by atoms with Gasteiger partial charge >= 0.3 is 0 Å². The van der Waals surface area contributed by atoms with Crippen LogP contribution >= 0.6 is 15.9 Å². The largest absolute Gasteiger partial charge is 0.396 e. The standard InChI is InChI=1S/C10H9BrFN3/c1-15-10(9(13)5-14-15)6-2-3-8(12)7(11)4-6/h2-5H,13H2,1H3. The Labute approximate surface area is 94.8 Å². The molecule has 0 saturated heterocycles. The number of nitrogen functional groups attached to an aromatic ring is 1. The maximum Gasteiger partial charge on any atom is 0.137 e. The summed E-state index contributed by atoms with van der Waals surface area (Å²) in [4.78, 5) is 0. The molecule has 1 aromatic carbocycles. The number of hydrogen-bond donors (Lipinski definition) is 1. The number of halogens is 2. The van der Waals surface area contributed by atoms with E-state index in [1.807, 2.05) is 0 Å². The normalized spacial score (nSPS) is 10.6. The number of nitrogens with two attached hydrogens (primary N) is 1. The molecule has 0 fully saturated rings. The average Bonchev–Trinajstić information content (AvgIpc) is 2.52. The van der Waals surface area contributed by atoms with E-state index in [-0.39, 0.29) is 5.82 Å². The van der Waals surface area contributed by atoms with Gasteiger partial charge in [-0.25, -0.2) is 4.39 Å². The maximum absolute atomic E-state index is 13.0. The average molecular weight is 270 g/mol. The first-order valence-corrected chi connectivity index (χ1v) is 5.12. The third-order valence-corrected chi connectivity index (χ3v) is 2.77. The van der Waals surface area contributed by atoms with Crippen LogP contribution in [-0.4, -0.2) is 9.78 Å². The zero-order chi connectivity index (χ0) is 11.0. The Morgan fingerprint density at radius 3 is 2.73 bits per heavy atom. The fourth-order valence-electron chi connectivity index (χ4n) is 1.45. The summed E-state index contributed by atoms with van der Waals surface area (Å²) in [6, 6.07) is 4.75. The van der Waals surface area contributed by atoms with Crippen LogP contribution in [0.3, 0.4) is 0 Å². The number of rotatable bonds is 1. The number of hydrogen-bond acceptors (Lipinski definition) is 2. The number of anilines is 1. The molecule has 1 aromatic heterocycles. The molecule has 0 bridgehead atoms. The second-order valence-electron chi connectivity index (χ2n) is 3.20. The molecule has 2 aromatic rings. The fraction of sp³-hybridized carbons (Fsp3) is 0.100. The molecule has 15 heavy (non-hydrogen) atoms. The summed E-state index contributed by atoms with van der Waals surface area (Å²) in [6.45, 7) is 0. The van der Waals surface area contributed by atoms with Gasteiger partial charge in [0.15, 0.2) is 0 Å². The van der Waals surface area contributed by atoms with Gasteiger partial charge in [0, 0.05) is 12.6 Å². The van der Waals surface area contributed by atoms with E-state index in [0.717, 1.165) is 11.3 Å². The lowest BCUT2D eigenvalue weighted by molar-refractivity contribution is 0.621. The lowest BCUT2D eigenvalue weighted by atomic mass is 10.1. The van der Waals surface area contributed by atoms with E-state index < -0.39 is 0 Å². The topological polar surface area (TPSA) is 43.8 Å². The van der Waals surface area contributed by atoms with Crippen LogP contribution in [0.15, 0.2) is 28.9 Å². The predicted molar refractivity (Wildman–Crippen MR) is 60.7 cm³/mol. The molecule has 0 aliphatic rings. The van der Waals surface area contributed by atoms with Gasteiger partial charge in [-0.2, -0.15) is 5.10 Å². The van der Waals surface area contributed by atoms with E-state index in [4.69, 9.17) is 5.73 Å². The molecule has 0 spiro atoms. The summed E-state index contributed by atoms with van der Waals surface area (Å²) in [5.74, 6) is -0.292. The summed E-state index contributed by atoms with van der Waals surface area (Å²) in [6.07, 6.45) is 1.58. The zero-order valence-corrected chi connectivity index (χ0v) is 9.62. The Bertz CT molecular complexity index is 488. The second kappa shape index (κ2) is 3.66. The summed E-state index contributed by atoms with van der Waals surface area (Å²) in [5, 5.41) is 4.03. The molecule has 78 valence electrons. The molecule has 2 N–H and O–H groups in total. The second-order valence-corrected chi connectivity index (χ2v) is 4.06. The van der Waals surface area contributed by atoms with Gasteiger partial charge < -0.3 is 5.73 Å². The van der Waals surface area contributed by atoms with Crippen LogP contribution in [0.1, 0.15) is 0 Å². The van der Waals surface area contributed by atoms with Crippen molar-refractivity contribution >= 4 is 21.6 Å². The smallest absolute Gasteiger partial charge is 0.137 e. The monoisotopic (exact) mass is 269 g/mol. The van der Waals surface area contributed by atoms with Gasteiger partial charge in [-0.1, -0.05) is 0 Å². The number of aryl methyl sites for hydroxylation is 1. The molecule has 3 nitrogen and oxygen atoms in total. The van der Waals surface area contributed by atoms with Crippen molar-refractivity contribution in [3.05, 3.63) is 34.7 Å². The minimum atomic E-state index is -0.292. The minimum Gasteiger partial charge on any atom is -0.396 e. The third-order valence-electron chi connectivity index (χ3n) is 2.16. The summed E-state index contributed by atoms with van der Waals surface area (Å²) >= 11 is 3.14. The highest BCUT2D eigenvalue weighted by atomic mass is 79.9. The van der Waals surface area contributed by atoms with Crippen LogP contribution in [0.4, 0.5) is 10.1 Å². The van der Waals surface area contributed by atoms with Crippen molar-refractivity contribution in [2.75, 3.05) is 5.73 Å². The predicted octanol–water partition coefficient (Wildman–Crippen LogP) is 2.57. The fourth-order valence-corrected chi connectivity index (χ4v) is 1.83. The Kier molecular flexibility index (Phi) is 2.48. The van der Waals surface area contributed by atoms with Crippen molar-refractivity contribution in [2.24, 2.45) is 7.05 Å². The van der Waals surface area contributed by atoms with Crippen molar-refractivity contribution in [1.29, 1.82) is 0 Å². The molecule has 0 aliphatic heterocycles. The molecule has 0 saturated carbocycles. The Balaban J connectivity index is 2.59. The van der Waals surface area contributed by atoms with E-state index in [2.05, 4.69) is 21.0 Å². The molecule has 0 atom stereocenters. The lowest BCUT2D eigenvalue weighted by Gasteiger charge is -2.04. The Hall–Kier alpha value is -1.36. The Morgan fingerprint density at radius 2 is 2.20 bits per heavy atom. The molecule has 2 rings (SSSR count). The van der Waals surface area contributed by atoms with Crippen molar-refractivity contribution in [1.82, 2.24) is 9.78 Å². The van der Waals surface area contributed by atoms with Crippen LogP contribution in [0, 0.1) is 5.82 Å². The first-order valence-electron chi connectivity index (χ1n) is 4.32. The molecule has 0 aliphatic carbocycles. The van der Waals surface area contributed by atoms with Gasteiger partial charge in [0.25, 0.3) is 0 Å². The first-order chi connectivity index (χ1) is 7.09. The van der Waals surface area contributed by atoms with Crippen molar-refractivity contribution in [3.63, 3.8) is 0 Å².